The SMILES string of the molecule is CC1=C[C@@H]2C[C@H]1[C@@H]1C(=O)N(c3ccc(C(=O)Nc4ccc(C)c(C)c4)cc3)C(=O)[C@@H]12. The molecule has 1 saturated heterocycles. The molecule has 2 aliphatic carbocycles. The Hall–Kier alpha value is -3.21. The van der Waals surface area contributed by atoms with Crippen LogP contribution in [0, 0.1) is 37.5 Å². The first-order chi connectivity index (χ1) is 14.3. The van der Waals surface area contributed by atoms with Crippen molar-refractivity contribution in [2.75, 3.05) is 10.2 Å². The van der Waals surface area contributed by atoms with Crippen molar-refractivity contribution in [3.8, 4) is 0 Å². The Morgan fingerprint density at radius 1 is 0.933 bits per heavy atom. The van der Waals surface area contributed by atoms with Gasteiger partial charge in [-0.3, -0.25) is 19.3 Å². The summed E-state index contributed by atoms with van der Waals surface area (Å²) in [6.45, 7) is 6.09. The van der Waals surface area contributed by atoms with E-state index < -0.39 is 0 Å². The Morgan fingerprint density at radius 3 is 2.33 bits per heavy atom. The van der Waals surface area contributed by atoms with Crippen molar-refractivity contribution in [1.82, 2.24) is 0 Å². The van der Waals surface area contributed by atoms with Gasteiger partial charge in [0.05, 0.1) is 17.5 Å². The maximum atomic E-state index is 13.1. The molecule has 1 saturated carbocycles. The highest BCUT2D eigenvalue weighted by Crippen LogP contribution is 2.55. The first-order valence-corrected chi connectivity index (χ1v) is 10.4. The van der Waals surface area contributed by atoms with Gasteiger partial charge in [0, 0.05) is 11.3 Å². The molecule has 0 radical (unpaired) electrons. The molecule has 5 rings (SSSR count). The third-order valence-electron chi connectivity index (χ3n) is 7.03. The fourth-order valence-electron chi connectivity index (χ4n) is 5.31. The smallest absolute Gasteiger partial charge is 0.255 e. The summed E-state index contributed by atoms with van der Waals surface area (Å²) in [5, 5.41) is 2.90. The van der Waals surface area contributed by atoms with Crippen LogP contribution in [-0.2, 0) is 9.59 Å². The van der Waals surface area contributed by atoms with Gasteiger partial charge < -0.3 is 5.32 Å². The zero-order valence-electron chi connectivity index (χ0n) is 17.3. The predicted molar refractivity (Wildman–Crippen MR) is 115 cm³/mol. The highest BCUT2D eigenvalue weighted by Gasteiger charge is 2.60. The van der Waals surface area contributed by atoms with Crippen LogP contribution in [0.1, 0.15) is 34.8 Å². The molecule has 2 aromatic carbocycles. The lowest BCUT2D eigenvalue weighted by Crippen LogP contribution is -2.33. The van der Waals surface area contributed by atoms with Gasteiger partial charge in [-0.1, -0.05) is 17.7 Å². The lowest BCUT2D eigenvalue weighted by atomic mass is 9.82. The molecule has 1 heterocycles. The lowest BCUT2D eigenvalue weighted by molar-refractivity contribution is -0.123. The molecule has 5 nitrogen and oxygen atoms in total. The largest absolute Gasteiger partial charge is 0.322 e. The Balaban J connectivity index is 1.34. The van der Waals surface area contributed by atoms with Gasteiger partial charge in [0.2, 0.25) is 11.8 Å². The maximum Gasteiger partial charge on any atom is 0.255 e. The summed E-state index contributed by atoms with van der Waals surface area (Å²) < 4.78 is 0. The highest BCUT2D eigenvalue weighted by molar-refractivity contribution is 6.23. The maximum absolute atomic E-state index is 13.1. The third-order valence-corrected chi connectivity index (χ3v) is 7.03. The quantitative estimate of drug-likeness (QED) is 0.618. The minimum Gasteiger partial charge on any atom is -0.322 e. The summed E-state index contributed by atoms with van der Waals surface area (Å²) in [7, 11) is 0. The molecule has 5 heteroatoms. The number of benzene rings is 2. The van der Waals surface area contributed by atoms with Crippen molar-refractivity contribution < 1.29 is 14.4 Å². The van der Waals surface area contributed by atoms with E-state index in [-0.39, 0.29) is 41.4 Å². The van der Waals surface area contributed by atoms with E-state index >= 15 is 0 Å². The molecule has 2 bridgehead atoms. The third kappa shape index (κ3) is 2.72. The second-order valence-electron chi connectivity index (χ2n) is 8.78. The van der Waals surface area contributed by atoms with E-state index in [0.29, 0.717) is 11.3 Å². The van der Waals surface area contributed by atoms with E-state index in [4.69, 9.17) is 0 Å². The van der Waals surface area contributed by atoms with E-state index in [9.17, 15) is 14.4 Å². The summed E-state index contributed by atoms with van der Waals surface area (Å²) in [4.78, 5) is 40.0. The first kappa shape index (κ1) is 18.8. The Bertz CT molecular complexity index is 1120. The van der Waals surface area contributed by atoms with E-state index in [1.54, 1.807) is 24.3 Å². The van der Waals surface area contributed by atoms with Crippen LogP contribution in [0.3, 0.4) is 0 Å². The van der Waals surface area contributed by atoms with Gasteiger partial charge in [-0.2, -0.15) is 0 Å². The lowest BCUT2D eigenvalue weighted by Gasteiger charge is -2.19. The molecular formula is C25H24N2O3. The van der Waals surface area contributed by atoms with E-state index in [1.807, 2.05) is 32.0 Å². The topological polar surface area (TPSA) is 66.5 Å². The fourth-order valence-corrected chi connectivity index (χ4v) is 5.31. The van der Waals surface area contributed by atoms with Gasteiger partial charge in [-0.15, -0.1) is 0 Å². The van der Waals surface area contributed by atoms with Crippen LogP contribution in [0.25, 0.3) is 0 Å². The summed E-state index contributed by atoms with van der Waals surface area (Å²) in [5.74, 6) is -0.488. The minimum atomic E-state index is -0.224. The number of carbonyl (C=O) groups is 3. The number of amides is 3. The summed E-state index contributed by atoms with van der Waals surface area (Å²) in [5.41, 5.74) is 5.28. The summed E-state index contributed by atoms with van der Waals surface area (Å²) >= 11 is 0. The van der Waals surface area contributed by atoms with Crippen molar-refractivity contribution >= 4 is 29.1 Å². The number of aryl methyl sites for hydroxylation is 2. The molecule has 1 aliphatic heterocycles. The number of hydrogen-bond acceptors (Lipinski definition) is 3. The van der Waals surface area contributed by atoms with E-state index in [0.717, 1.165) is 17.7 Å². The molecule has 4 atom stereocenters. The average Bonchev–Trinajstić information content (AvgIpc) is 3.35. The number of carbonyl (C=O) groups excluding carboxylic acids is 3. The van der Waals surface area contributed by atoms with Crippen molar-refractivity contribution in [1.29, 1.82) is 0 Å². The van der Waals surface area contributed by atoms with Crippen LogP contribution in [0.2, 0.25) is 0 Å². The van der Waals surface area contributed by atoms with Crippen molar-refractivity contribution in [3.63, 3.8) is 0 Å². The number of hydrogen-bond donors (Lipinski definition) is 1. The number of allylic oxidation sites excluding steroid dienone is 2. The molecule has 3 aliphatic rings. The number of anilines is 2. The van der Waals surface area contributed by atoms with Crippen molar-refractivity contribution in [2.45, 2.75) is 27.2 Å². The molecule has 30 heavy (non-hydrogen) atoms. The number of rotatable bonds is 3. The molecule has 1 N–H and O–H groups in total. The molecule has 0 aromatic heterocycles. The van der Waals surface area contributed by atoms with Gasteiger partial charge in [0.1, 0.15) is 0 Å². The normalized spacial score (nSPS) is 26.8. The van der Waals surface area contributed by atoms with Crippen LogP contribution >= 0.6 is 0 Å². The number of fused-ring (bicyclic) bond motifs is 5. The molecular weight excluding hydrogens is 376 g/mol. The van der Waals surface area contributed by atoms with Crippen molar-refractivity contribution in [3.05, 3.63) is 70.8 Å². The second kappa shape index (κ2) is 6.66. The van der Waals surface area contributed by atoms with Crippen LogP contribution in [0.15, 0.2) is 54.1 Å². The van der Waals surface area contributed by atoms with Crippen LogP contribution in [0.5, 0.6) is 0 Å². The fraction of sp³-hybridized carbons (Fsp3) is 0.320. The van der Waals surface area contributed by atoms with Gasteiger partial charge in [0.15, 0.2) is 0 Å². The Morgan fingerprint density at radius 2 is 1.63 bits per heavy atom. The monoisotopic (exact) mass is 400 g/mol. The molecule has 3 amide bonds. The highest BCUT2D eigenvalue weighted by atomic mass is 16.2. The van der Waals surface area contributed by atoms with Crippen LogP contribution in [0.4, 0.5) is 11.4 Å². The van der Waals surface area contributed by atoms with Gasteiger partial charge in [0.25, 0.3) is 5.91 Å². The van der Waals surface area contributed by atoms with Crippen molar-refractivity contribution in [2.24, 2.45) is 23.7 Å². The van der Waals surface area contributed by atoms with Crippen LogP contribution < -0.4 is 10.2 Å². The zero-order valence-corrected chi connectivity index (χ0v) is 17.3. The zero-order chi connectivity index (χ0) is 21.2. The van der Waals surface area contributed by atoms with Crippen LogP contribution in [-0.4, -0.2) is 17.7 Å². The van der Waals surface area contributed by atoms with Gasteiger partial charge >= 0.3 is 0 Å². The minimum absolute atomic E-state index is 0.0997. The Kier molecular flexibility index (Phi) is 4.17. The van der Waals surface area contributed by atoms with E-state index in [1.165, 1.54) is 16.0 Å². The molecule has 2 aromatic rings. The average molecular weight is 400 g/mol. The number of imide groups is 1. The standard InChI is InChI=1S/C25H24N2O3/c1-13-4-7-18(11-14(13)2)26-23(28)16-5-8-19(9-6-16)27-24(29)21-17-10-15(3)20(12-17)22(21)25(27)30/h4-11,17,20-22H,12H2,1-3H3,(H,26,28)/t17-,20-,21-,22+/m1/s1. The molecule has 0 unspecified atom stereocenters. The molecule has 152 valence electrons. The second-order valence-corrected chi connectivity index (χ2v) is 8.78. The Labute approximate surface area is 175 Å². The molecule has 2 fully saturated rings. The first-order valence-electron chi connectivity index (χ1n) is 10.4. The van der Waals surface area contributed by atoms with Gasteiger partial charge in [-0.25, -0.2) is 0 Å². The molecule has 0 spiro atoms. The van der Waals surface area contributed by atoms with Gasteiger partial charge in [-0.05, 0) is 86.6 Å². The number of nitrogens with one attached hydrogen (secondary N) is 1. The predicted octanol–water partition coefficient (Wildman–Crippen LogP) is 4.26. The summed E-state index contributed by atoms with van der Waals surface area (Å²) in [6, 6.07) is 12.5. The van der Waals surface area contributed by atoms with E-state index in [2.05, 4.69) is 18.3 Å². The summed E-state index contributed by atoms with van der Waals surface area (Å²) in [6.07, 6.45) is 3.09. The number of nitrogens with zero attached hydrogens (tertiary/aromatic N) is 1.